The number of nitrogens with zero attached hydrogens (tertiary/aromatic N) is 1. The molecule has 1 fully saturated rings. The number of amides is 1. The van der Waals surface area contributed by atoms with E-state index in [0.717, 1.165) is 31.2 Å². The van der Waals surface area contributed by atoms with Gasteiger partial charge in [0, 0.05) is 36.3 Å². The second-order valence-corrected chi connectivity index (χ2v) is 8.37. The molecule has 2 aromatic carbocycles. The second-order valence-electron chi connectivity index (χ2n) is 7.85. The third-order valence-electron chi connectivity index (χ3n) is 4.98. The molecule has 1 aliphatic heterocycles. The maximum absolute atomic E-state index is 12.3. The Labute approximate surface area is 216 Å². The number of aromatic hydroxyl groups is 2. The van der Waals surface area contributed by atoms with Gasteiger partial charge in [0.15, 0.2) is 5.84 Å². The van der Waals surface area contributed by atoms with Gasteiger partial charge in [-0.2, -0.15) is 0 Å². The number of phenolic OH excluding ortho intramolecular Hbond substituents is 2. The first-order valence-corrected chi connectivity index (χ1v) is 11.5. The summed E-state index contributed by atoms with van der Waals surface area (Å²) in [7, 11) is 0. The molecule has 0 unspecified atom stereocenters. The maximum atomic E-state index is 12.3. The van der Waals surface area contributed by atoms with E-state index in [9.17, 15) is 15.0 Å². The lowest BCUT2D eigenvalue weighted by Gasteiger charge is -2.26. The van der Waals surface area contributed by atoms with Gasteiger partial charge in [-0.05, 0) is 48.7 Å². The zero-order valence-electron chi connectivity index (χ0n) is 20.7. The summed E-state index contributed by atoms with van der Waals surface area (Å²) in [5, 5.41) is 43.0. The van der Waals surface area contributed by atoms with Crippen LogP contribution in [0.25, 0.3) is 0 Å². The van der Waals surface area contributed by atoms with Gasteiger partial charge in [-0.25, -0.2) is 0 Å². The zero-order chi connectivity index (χ0) is 25.3. The zero-order valence-corrected chi connectivity index (χ0v) is 21.6. The van der Waals surface area contributed by atoms with Crippen LogP contribution in [0.15, 0.2) is 41.3 Å². The summed E-state index contributed by atoms with van der Waals surface area (Å²) in [4.78, 5) is 14.1. The van der Waals surface area contributed by atoms with Gasteiger partial charge in [0.05, 0.1) is 18.8 Å². The third kappa shape index (κ3) is 8.81. The summed E-state index contributed by atoms with van der Waals surface area (Å²) in [6.07, 6.45) is 0. The number of benzene rings is 2. The van der Waals surface area contributed by atoms with Crippen molar-refractivity contribution >= 4 is 35.9 Å². The van der Waals surface area contributed by atoms with E-state index < -0.39 is 11.7 Å². The highest BCUT2D eigenvalue weighted by molar-refractivity contribution is 7.80. The fourth-order valence-corrected chi connectivity index (χ4v) is 3.35. The number of amidine groups is 2. The number of thiol groups is 1. The Morgan fingerprint density at radius 2 is 1.69 bits per heavy atom. The summed E-state index contributed by atoms with van der Waals surface area (Å²) in [5.74, 6) is -1.81. The quantitative estimate of drug-likeness (QED) is 0.179. The van der Waals surface area contributed by atoms with Crippen LogP contribution in [0.3, 0.4) is 0 Å². The van der Waals surface area contributed by atoms with Gasteiger partial charge in [0.1, 0.15) is 17.3 Å². The molecule has 1 aliphatic rings. The molecule has 11 nitrogen and oxygen atoms in total. The molecule has 36 heavy (non-hydrogen) atoms. The van der Waals surface area contributed by atoms with Crippen LogP contribution in [-0.4, -0.2) is 71.6 Å². The number of carbonyl (C=O) groups is 1. The van der Waals surface area contributed by atoms with Gasteiger partial charge in [0.25, 0.3) is 5.91 Å². The molecule has 0 bridgehead atoms. The number of hydrogen-bond donors (Lipinski definition) is 7. The molecular weight excluding hydrogens is 486 g/mol. The molecule has 0 radical (unpaired) electrons. The summed E-state index contributed by atoms with van der Waals surface area (Å²) in [6, 6.07) is 9.30. The SMILES string of the molecule is C1COCCN1.CCNC(=O)C(=N)N(C(=N)c1cc(C(C)C)c(O)cc1O)c1ccc(S)cc1.O.O. The number of likely N-dealkylation sites (N-methyl/N-ethyl adjacent to an activating group) is 1. The predicted molar refractivity (Wildman–Crippen MR) is 144 cm³/mol. The third-order valence-corrected chi connectivity index (χ3v) is 5.27. The van der Waals surface area contributed by atoms with Crippen molar-refractivity contribution in [2.24, 2.45) is 0 Å². The number of anilines is 1. The van der Waals surface area contributed by atoms with Crippen LogP contribution >= 0.6 is 12.6 Å². The lowest BCUT2D eigenvalue weighted by molar-refractivity contribution is -0.114. The molecule has 0 saturated carbocycles. The van der Waals surface area contributed by atoms with Crippen LogP contribution < -0.4 is 15.5 Å². The lowest BCUT2D eigenvalue weighted by atomic mass is 9.98. The van der Waals surface area contributed by atoms with Crippen LogP contribution in [0.4, 0.5) is 5.69 Å². The molecule has 10 N–H and O–H groups in total. The van der Waals surface area contributed by atoms with Crippen LogP contribution in [0.2, 0.25) is 0 Å². The highest BCUT2D eigenvalue weighted by atomic mass is 32.1. The lowest BCUT2D eigenvalue weighted by Crippen LogP contribution is -2.46. The number of nitrogens with one attached hydrogen (secondary N) is 4. The minimum absolute atomic E-state index is 0. The van der Waals surface area contributed by atoms with Gasteiger partial charge in [-0.1, -0.05) is 13.8 Å². The van der Waals surface area contributed by atoms with E-state index >= 15 is 0 Å². The van der Waals surface area contributed by atoms with Gasteiger partial charge in [-0.15, -0.1) is 12.6 Å². The normalized spacial score (nSPS) is 12.2. The minimum Gasteiger partial charge on any atom is -0.508 e. The highest BCUT2D eigenvalue weighted by Gasteiger charge is 2.26. The summed E-state index contributed by atoms with van der Waals surface area (Å²) in [6.45, 7) is 9.65. The van der Waals surface area contributed by atoms with Crippen molar-refractivity contribution in [3.8, 4) is 11.5 Å². The van der Waals surface area contributed by atoms with Crippen LogP contribution in [-0.2, 0) is 9.53 Å². The van der Waals surface area contributed by atoms with Crippen LogP contribution in [0.1, 0.15) is 37.8 Å². The van der Waals surface area contributed by atoms with Gasteiger partial charge >= 0.3 is 0 Å². The second kappa shape index (κ2) is 15.8. The maximum Gasteiger partial charge on any atom is 0.287 e. The monoisotopic (exact) mass is 523 g/mol. The number of rotatable bonds is 4. The number of hydrogen-bond acceptors (Lipinski definition) is 8. The standard InChI is InChI=1S/C20H24N4O3S.C4H9NO.2H2O/c1-4-23-20(27)19(22)24(12-5-7-13(28)8-6-12)18(21)15-9-14(11(2)3)16(25)10-17(15)26;1-3-6-4-2-5-1;;/h5-11,21-22,25-26,28H,4H2,1-3H3,(H,23,27);5H,1-4H2;2*1H2. The highest BCUT2D eigenvalue weighted by Crippen LogP contribution is 2.33. The first-order valence-electron chi connectivity index (χ1n) is 11.1. The molecule has 1 saturated heterocycles. The Morgan fingerprint density at radius 1 is 1.11 bits per heavy atom. The first-order chi connectivity index (χ1) is 16.2. The Balaban J connectivity index is 0.00000134. The Bertz CT molecular complexity index is 1000. The number of phenols is 2. The smallest absolute Gasteiger partial charge is 0.287 e. The van der Waals surface area contributed by atoms with E-state index in [4.69, 9.17) is 15.6 Å². The first kappa shape index (κ1) is 32.8. The van der Waals surface area contributed by atoms with Crippen molar-refractivity contribution in [3.05, 3.63) is 47.5 Å². The summed E-state index contributed by atoms with van der Waals surface area (Å²) >= 11 is 4.24. The van der Waals surface area contributed by atoms with Crippen LogP contribution in [0.5, 0.6) is 11.5 Å². The molecule has 200 valence electrons. The average molecular weight is 524 g/mol. The minimum atomic E-state index is -0.649. The van der Waals surface area contributed by atoms with Gasteiger partial charge in [-0.3, -0.25) is 20.5 Å². The summed E-state index contributed by atoms with van der Waals surface area (Å²) in [5.41, 5.74) is 1.05. The molecule has 1 amide bonds. The van der Waals surface area contributed by atoms with Crippen molar-refractivity contribution in [3.63, 3.8) is 0 Å². The summed E-state index contributed by atoms with van der Waals surface area (Å²) < 4.78 is 5.01. The molecule has 12 heteroatoms. The molecule has 0 atom stereocenters. The van der Waals surface area contributed by atoms with E-state index in [0.29, 0.717) is 22.7 Å². The van der Waals surface area contributed by atoms with Crippen molar-refractivity contribution in [2.45, 2.75) is 31.6 Å². The van der Waals surface area contributed by atoms with E-state index in [1.165, 1.54) is 12.1 Å². The van der Waals surface area contributed by atoms with Gasteiger partial charge < -0.3 is 36.5 Å². The number of morpholine rings is 1. The van der Waals surface area contributed by atoms with E-state index in [1.54, 1.807) is 31.2 Å². The Morgan fingerprint density at radius 3 is 2.14 bits per heavy atom. The van der Waals surface area contributed by atoms with E-state index in [1.807, 2.05) is 13.8 Å². The average Bonchev–Trinajstić information content (AvgIpc) is 2.81. The fraction of sp³-hybridized carbons (Fsp3) is 0.375. The molecule has 3 rings (SSSR count). The molecule has 0 aromatic heterocycles. The molecule has 0 spiro atoms. The topological polar surface area (TPSA) is 205 Å². The van der Waals surface area contributed by atoms with Crippen molar-refractivity contribution in [2.75, 3.05) is 37.7 Å². The van der Waals surface area contributed by atoms with Gasteiger partial charge in [0.2, 0.25) is 0 Å². The van der Waals surface area contributed by atoms with Crippen molar-refractivity contribution in [1.82, 2.24) is 10.6 Å². The Kier molecular flexibility index (Phi) is 14.4. The predicted octanol–water partition coefficient (Wildman–Crippen LogP) is 1.41. The van der Waals surface area contributed by atoms with Crippen molar-refractivity contribution in [1.29, 1.82) is 10.8 Å². The van der Waals surface area contributed by atoms with E-state index in [2.05, 4.69) is 23.3 Å². The largest absolute Gasteiger partial charge is 0.508 e. The number of ether oxygens (including phenoxy) is 1. The molecule has 1 heterocycles. The van der Waals surface area contributed by atoms with Crippen LogP contribution in [0, 0.1) is 10.8 Å². The Hall–Kier alpha value is -3.16. The fourth-order valence-electron chi connectivity index (χ4n) is 3.20. The molecule has 0 aliphatic carbocycles. The van der Waals surface area contributed by atoms with Crippen molar-refractivity contribution < 1.29 is 30.7 Å². The van der Waals surface area contributed by atoms with E-state index in [-0.39, 0.29) is 39.8 Å². The molecular formula is C24H37N5O6S. The molecule has 2 aromatic rings. The number of carbonyl (C=O) groups excluding carboxylic acids is 1.